The van der Waals surface area contributed by atoms with E-state index in [2.05, 4.69) is 55.1 Å². The standard InChI is InChI=1S/C16H23NO2Se/c1-16(2,3)14(17-11-10-15(18)19-4)12-20-13-8-6-5-7-9-13/h5-11,14,17H,12H2,1-4H3/b11-10-. The minimum absolute atomic E-state index is 0.136. The second-order valence-corrected chi connectivity index (χ2v) is 7.86. The van der Waals surface area contributed by atoms with Crippen LogP contribution in [0.4, 0.5) is 0 Å². The Morgan fingerprint density at radius 1 is 1.35 bits per heavy atom. The van der Waals surface area contributed by atoms with Crippen LogP contribution in [0, 0.1) is 5.41 Å². The Bertz CT molecular complexity index is 438. The summed E-state index contributed by atoms with van der Waals surface area (Å²) in [5.41, 5.74) is 0.136. The number of hydrogen-bond acceptors (Lipinski definition) is 3. The molecule has 1 unspecified atom stereocenters. The molecular formula is C16H23NO2Se. The molecule has 0 aromatic heterocycles. The number of benzene rings is 1. The Morgan fingerprint density at radius 3 is 2.55 bits per heavy atom. The molecule has 0 aliphatic carbocycles. The molecule has 0 aliphatic heterocycles. The molecule has 0 spiro atoms. The normalized spacial score (nSPS) is 13.2. The molecule has 0 saturated carbocycles. The van der Waals surface area contributed by atoms with Crippen LogP contribution < -0.4 is 9.78 Å². The molecule has 0 heterocycles. The molecular weight excluding hydrogens is 317 g/mol. The van der Waals surface area contributed by atoms with Crippen LogP contribution in [0.2, 0.25) is 5.32 Å². The predicted molar refractivity (Wildman–Crippen MR) is 84.2 cm³/mol. The summed E-state index contributed by atoms with van der Waals surface area (Å²) in [5, 5.41) is 4.40. The quantitative estimate of drug-likeness (QED) is 0.490. The number of esters is 1. The van der Waals surface area contributed by atoms with Crippen LogP contribution >= 0.6 is 0 Å². The molecule has 20 heavy (non-hydrogen) atoms. The van der Waals surface area contributed by atoms with Gasteiger partial charge in [-0.1, -0.05) is 0 Å². The van der Waals surface area contributed by atoms with E-state index in [-0.39, 0.29) is 11.4 Å². The van der Waals surface area contributed by atoms with Crippen molar-refractivity contribution in [3.8, 4) is 0 Å². The molecule has 0 amide bonds. The molecule has 3 nitrogen and oxygen atoms in total. The van der Waals surface area contributed by atoms with Crippen LogP contribution in [0.25, 0.3) is 0 Å². The van der Waals surface area contributed by atoms with E-state index in [1.54, 1.807) is 6.20 Å². The number of carbonyl (C=O) groups excluding carboxylic acids is 1. The molecule has 0 aliphatic rings. The Balaban J connectivity index is 2.57. The molecule has 0 saturated heterocycles. The van der Waals surface area contributed by atoms with Crippen molar-refractivity contribution in [2.24, 2.45) is 5.41 Å². The van der Waals surface area contributed by atoms with Gasteiger partial charge in [0.2, 0.25) is 0 Å². The van der Waals surface area contributed by atoms with Crippen molar-refractivity contribution < 1.29 is 9.53 Å². The van der Waals surface area contributed by atoms with Gasteiger partial charge in [-0.3, -0.25) is 0 Å². The number of hydrogen-bond donors (Lipinski definition) is 1. The summed E-state index contributed by atoms with van der Waals surface area (Å²) in [6, 6.07) is 10.9. The average Bonchev–Trinajstić information content (AvgIpc) is 2.42. The molecule has 4 heteroatoms. The SMILES string of the molecule is COC(=O)/C=C\NC(C[Se]c1ccccc1)C(C)(C)C. The fourth-order valence-corrected chi connectivity index (χ4v) is 4.28. The van der Waals surface area contributed by atoms with E-state index in [1.165, 1.54) is 17.6 Å². The van der Waals surface area contributed by atoms with Crippen LogP contribution in [0.15, 0.2) is 42.6 Å². The summed E-state index contributed by atoms with van der Waals surface area (Å²) in [5.74, 6) is -0.335. The maximum absolute atomic E-state index is 11.1. The van der Waals surface area contributed by atoms with E-state index < -0.39 is 0 Å². The zero-order chi connectivity index (χ0) is 15.0. The van der Waals surface area contributed by atoms with E-state index >= 15 is 0 Å². The summed E-state index contributed by atoms with van der Waals surface area (Å²) >= 11 is 0.422. The van der Waals surface area contributed by atoms with E-state index in [9.17, 15) is 4.79 Å². The third kappa shape index (κ3) is 6.27. The molecule has 1 N–H and O–H groups in total. The summed E-state index contributed by atoms with van der Waals surface area (Å²) in [7, 11) is 1.38. The van der Waals surface area contributed by atoms with Gasteiger partial charge in [0.1, 0.15) is 0 Å². The number of ether oxygens (including phenoxy) is 1. The maximum atomic E-state index is 11.1. The van der Waals surface area contributed by atoms with Gasteiger partial charge in [0.25, 0.3) is 0 Å². The minimum atomic E-state index is -0.335. The first-order chi connectivity index (χ1) is 9.43. The van der Waals surface area contributed by atoms with Gasteiger partial charge in [0.05, 0.1) is 0 Å². The molecule has 0 radical (unpaired) electrons. The first-order valence-electron chi connectivity index (χ1n) is 6.62. The summed E-state index contributed by atoms with van der Waals surface area (Å²) < 4.78 is 5.98. The number of carbonyl (C=O) groups is 1. The first-order valence-corrected chi connectivity index (χ1v) is 8.68. The van der Waals surface area contributed by atoms with Gasteiger partial charge >= 0.3 is 128 Å². The second-order valence-electron chi connectivity index (χ2n) is 5.57. The Morgan fingerprint density at radius 2 is 2.00 bits per heavy atom. The van der Waals surface area contributed by atoms with Gasteiger partial charge in [-0.05, 0) is 0 Å². The van der Waals surface area contributed by atoms with Crippen molar-refractivity contribution in [1.29, 1.82) is 0 Å². The second kappa shape index (κ2) is 8.13. The van der Waals surface area contributed by atoms with Crippen molar-refractivity contribution in [2.75, 3.05) is 7.11 Å². The first kappa shape index (κ1) is 16.8. The van der Waals surface area contributed by atoms with Gasteiger partial charge in [-0.25, -0.2) is 0 Å². The number of methoxy groups -OCH3 is 1. The van der Waals surface area contributed by atoms with Crippen molar-refractivity contribution in [2.45, 2.75) is 32.1 Å². The topological polar surface area (TPSA) is 38.3 Å². The zero-order valence-electron chi connectivity index (χ0n) is 12.6. The van der Waals surface area contributed by atoms with Crippen LogP contribution in [0.5, 0.6) is 0 Å². The van der Waals surface area contributed by atoms with Gasteiger partial charge in [-0.15, -0.1) is 0 Å². The van der Waals surface area contributed by atoms with Gasteiger partial charge in [-0.2, -0.15) is 0 Å². The summed E-state index contributed by atoms with van der Waals surface area (Å²) in [6.45, 7) is 6.62. The summed E-state index contributed by atoms with van der Waals surface area (Å²) in [6.07, 6.45) is 3.12. The third-order valence-electron chi connectivity index (χ3n) is 2.92. The zero-order valence-corrected chi connectivity index (χ0v) is 14.3. The van der Waals surface area contributed by atoms with Crippen molar-refractivity contribution in [1.82, 2.24) is 5.32 Å². The van der Waals surface area contributed by atoms with Crippen molar-refractivity contribution in [3.05, 3.63) is 42.6 Å². The van der Waals surface area contributed by atoms with Crippen LogP contribution in [0.3, 0.4) is 0 Å². The molecule has 1 atom stereocenters. The molecule has 0 bridgehead atoms. The molecule has 0 fully saturated rings. The van der Waals surface area contributed by atoms with Crippen LogP contribution in [-0.4, -0.2) is 34.1 Å². The van der Waals surface area contributed by atoms with Gasteiger partial charge in [0, 0.05) is 0 Å². The number of rotatable bonds is 6. The molecule has 1 aromatic rings. The van der Waals surface area contributed by atoms with Crippen LogP contribution in [-0.2, 0) is 9.53 Å². The van der Waals surface area contributed by atoms with E-state index in [0.29, 0.717) is 21.0 Å². The monoisotopic (exact) mass is 341 g/mol. The fraction of sp³-hybridized carbons (Fsp3) is 0.438. The Labute approximate surface area is 127 Å². The summed E-state index contributed by atoms with van der Waals surface area (Å²) in [4.78, 5) is 11.1. The third-order valence-corrected chi connectivity index (χ3v) is 5.24. The van der Waals surface area contributed by atoms with E-state index in [1.807, 2.05) is 6.07 Å². The predicted octanol–water partition coefficient (Wildman–Crippen LogP) is 2.13. The van der Waals surface area contributed by atoms with E-state index in [4.69, 9.17) is 0 Å². The molecule has 1 rings (SSSR count). The van der Waals surface area contributed by atoms with Gasteiger partial charge in [0.15, 0.2) is 0 Å². The Hall–Kier alpha value is -1.25. The van der Waals surface area contributed by atoms with Crippen LogP contribution in [0.1, 0.15) is 20.8 Å². The fourth-order valence-electron chi connectivity index (χ4n) is 1.54. The van der Waals surface area contributed by atoms with Crippen molar-refractivity contribution >= 4 is 25.4 Å². The molecule has 110 valence electrons. The molecule has 1 aromatic carbocycles. The average molecular weight is 340 g/mol. The Kier molecular flexibility index (Phi) is 6.83. The number of nitrogens with one attached hydrogen (secondary N) is 1. The van der Waals surface area contributed by atoms with E-state index in [0.717, 1.165) is 5.32 Å². The van der Waals surface area contributed by atoms with Gasteiger partial charge < -0.3 is 0 Å². The van der Waals surface area contributed by atoms with Crippen molar-refractivity contribution in [3.63, 3.8) is 0 Å².